The van der Waals surface area contributed by atoms with Crippen LogP contribution in [0.15, 0.2) is 47.4 Å². The Balaban J connectivity index is 1.76. The van der Waals surface area contributed by atoms with E-state index in [-0.39, 0.29) is 18.0 Å². The fraction of sp³-hybridized carbons (Fsp3) is 0.333. The summed E-state index contributed by atoms with van der Waals surface area (Å²) in [4.78, 5) is 0.120. The van der Waals surface area contributed by atoms with Crippen LogP contribution >= 0.6 is 0 Å². The van der Waals surface area contributed by atoms with Crippen LogP contribution < -0.4 is 18.9 Å². The van der Waals surface area contributed by atoms with E-state index in [1.54, 1.807) is 12.1 Å². The average molecular weight is 379 g/mol. The minimum Gasteiger partial charge on any atom is -0.493 e. The van der Waals surface area contributed by atoms with Crippen molar-refractivity contribution in [1.29, 1.82) is 0 Å². The molecule has 1 heterocycles. The van der Waals surface area contributed by atoms with Crippen molar-refractivity contribution in [3.05, 3.63) is 42.5 Å². The molecule has 0 aromatic heterocycles. The van der Waals surface area contributed by atoms with Crippen molar-refractivity contribution in [3.63, 3.8) is 0 Å². The van der Waals surface area contributed by atoms with Crippen molar-refractivity contribution in [2.45, 2.75) is 11.0 Å². The summed E-state index contributed by atoms with van der Waals surface area (Å²) < 4.78 is 48.8. The third kappa shape index (κ3) is 3.56. The van der Waals surface area contributed by atoms with Crippen LogP contribution in [-0.2, 0) is 10.0 Å². The Morgan fingerprint density at radius 2 is 1.77 bits per heavy atom. The summed E-state index contributed by atoms with van der Waals surface area (Å²) in [6.45, 7) is 0.438. The van der Waals surface area contributed by atoms with Crippen LogP contribution in [-0.4, -0.2) is 53.2 Å². The number of nitrogens with zero attached hydrogens (tertiary/aromatic N) is 1. The Hall–Kier alpha value is -2.45. The Labute approximate surface area is 153 Å². The van der Waals surface area contributed by atoms with Gasteiger partial charge in [-0.3, -0.25) is 0 Å². The Bertz CT molecular complexity index is 883. The average Bonchev–Trinajstić information content (AvgIpc) is 2.67. The first-order chi connectivity index (χ1) is 12.5. The standard InChI is InChI=1S/C18H21NO6S/c1-19(11-13-12-24-16-6-4-5-7-17(16)25-13)26(20,21)14-8-9-15(22-2)18(10-14)23-3/h4-10,13H,11-12H2,1-3H3. The molecule has 0 fully saturated rings. The van der Waals surface area contributed by atoms with Crippen LogP contribution in [0.2, 0.25) is 0 Å². The van der Waals surface area contributed by atoms with Gasteiger partial charge in [-0.2, -0.15) is 4.31 Å². The molecule has 0 amide bonds. The van der Waals surface area contributed by atoms with Crippen LogP contribution in [0.25, 0.3) is 0 Å². The van der Waals surface area contributed by atoms with Crippen molar-refractivity contribution in [3.8, 4) is 23.0 Å². The first-order valence-corrected chi connectivity index (χ1v) is 9.46. The molecule has 2 aromatic rings. The second-order valence-electron chi connectivity index (χ2n) is 5.80. The molecule has 0 saturated heterocycles. The molecule has 0 aliphatic carbocycles. The summed E-state index contributed by atoms with van der Waals surface area (Å²) in [5.41, 5.74) is 0. The van der Waals surface area contributed by atoms with Crippen molar-refractivity contribution in [2.24, 2.45) is 0 Å². The van der Waals surface area contributed by atoms with Crippen molar-refractivity contribution in [1.82, 2.24) is 4.31 Å². The summed E-state index contributed by atoms with van der Waals surface area (Å²) in [6.07, 6.45) is -0.398. The number of sulfonamides is 1. The molecule has 0 spiro atoms. The van der Waals surface area contributed by atoms with E-state index in [2.05, 4.69) is 0 Å². The highest BCUT2D eigenvalue weighted by Crippen LogP contribution is 2.32. The number of hydrogen-bond donors (Lipinski definition) is 0. The van der Waals surface area contributed by atoms with Gasteiger partial charge in [-0.1, -0.05) is 12.1 Å². The van der Waals surface area contributed by atoms with E-state index in [9.17, 15) is 8.42 Å². The second-order valence-corrected chi connectivity index (χ2v) is 7.84. The normalized spacial score (nSPS) is 16.4. The van der Waals surface area contributed by atoms with Crippen LogP contribution in [0.4, 0.5) is 0 Å². The summed E-state index contributed by atoms with van der Waals surface area (Å²) in [5, 5.41) is 0. The fourth-order valence-electron chi connectivity index (χ4n) is 2.69. The second kappa shape index (κ2) is 7.43. The summed E-state index contributed by atoms with van der Waals surface area (Å²) in [6, 6.07) is 11.8. The van der Waals surface area contributed by atoms with Gasteiger partial charge in [0.05, 0.1) is 25.7 Å². The van der Waals surface area contributed by atoms with Crippen LogP contribution in [0.1, 0.15) is 0 Å². The predicted octanol–water partition coefficient (Wildman–Crippen LogP) is 2.16. The first kappa shape index (κ1) is 18.3. The van der Waals surface area contributed by atoms with Gasteiger partial charge in [0.1, 0.15) is 12.7 Å². The van der Waals surface area contributed by atoms with Crippen molar-refractivity contribution >= 4 is 10.0 Å². The van der Waals surface area contributed by atoms with E-state index in [0.717, 1.165) is 0 Å². The third-order valence-electron chi connectivity index (χ3n) is 4.09. The highest BCUT2D eigenvalue weighted by atomic mass is 32.2. The van der Waals surface area contributed by atoms with Gasteiger partial charge in [0, 0.05) is 13.1 Å². The summed E-state index contributed by atoms with van der Waals surface area (Å²) in [5.74, 6) is 2.10. The molecule has 7 nitrogen and oxygen atoms in total. The summed E-state index contributed by atoms with van der Waals surface area (Å²) in [7, 11) is 0.756. The minimum absolute atomic E-state index is 0.120. The molecule has 3 rings (SSSR count). The monoisotopic (exact) mass is 379 g/mol. The lowest BCUT2D eigenvalue weighted by Gasteiger charge is -2.29. The predicted molar refractivity (Wildman–Crippen MR) is 95.7 cm³/mol. The molecule has 1 unspecified atom stereocenters. The number of methoxy groups -OCH3 is 2. The largest absolute Gasteiger partial charge is 0.493 e. The van der Waals surface area contributed by atoms with E-state index < -0.39 is 16.1 Å². The van der Waals surface area contributed by atoms with Gasteiger partial charge < -0.3 is 18.9 Å². The third-order valence-corrected chi connectivity index (χ3v) is 5.91. The van der Waals surface area contributed by atoms with E-state index >= 15 is 0 Å². The maximum atomic E-state index is 12.9. The van der Waals surface area contributed by atoms with Gasteiger partial charge in [-0.15, -0.1) is 0 Å². The molecule has 2 aromatic carbocycles. The molecular formula is C18H21NO6S. The van der Waals surface area contributed by atoms with Crippen molar-refractivity contribution in [2.75, 3.05) is 34.4 Å². The number of ether oxygens (including phenoxy) is 4. The highest BCUT2D eigenvalue weighted by Gasteiger charge is 2.28. The molecule has 0 radical (unpaired) electrons. The van der Waals surface area contributed by atoms with Crippen LogP contribution in [0.3, 0.4) is 0 Å². The molecule has 1 aliphatic rings. The Kier molecular flexibility index (Phi) is 5.24. The van der Waals surface area contributed by atoms with Gasteiger partial charge >= 0.3 is 0 Å². The molecule has 0 saturated carbocycles. The molecule has 140 valence electrons. The lowest BCUT2D eigenvalue weighted by Crippen LogP contribution is -2.41. The minimum atomic E-state index is -3.71. The van der Waals surface area contributed by atoms with Gasteiger partial charge in [-0.05, 0) is 24.3 Å². The smallest absolute Gasteiger partial charge is 0.243 e. The number of fused-ring (bicyclic) bond motifs is 1. The number of hydrogen-bond acceptors (Lipinski definition) is 6. The first-order valence-electron chi connectivity index (χ1n) is 8.02. The number of rotatable bonds is 6. The topological polar surface area (TPSA) is 74.3 Å². The molecule has 0 N–H and O–H groups in total. The molecule has 0 bridgehead atoms. The van der Waals surface area contributed by atoms with Gasteiger partial charge in [0.15, 0.2) is 23.0 Å². The highest BCUT2D eigenvalue weighted by molar-refractivity contribution is 7.89. The maximum absolute atomic E-state index is 12.9. The molecule has 26 heavy (non-hydrogen) atoms. The molecule has 1 atom stereocenters. The van der Waals surface area contributed by atoms with Crippen molar-refractivity contribution < 1.29 is 27.4 Å². The van der Waals surface area contributed by atoms with E-state index in [1.165, 1.54) is 37.7 Å². The van der Waals surface area contributed by atoms with Crippen LogP contribution in [0.5, 0.6) is 23.0 Å². The van der Waals surface area contributed by atoms with Gasteiger partial charge in [0.2, 0.25) is 10.0 Å². The number of likely N-dealkylation sites (N-methyl/N-ethyl adjacent to an activating group) is 1. The number of para-hydroxylation sites is 2. The Morgan fingerprint density at radius 3 is 2.46 bits per heavy atom. The quantitative estimate of drug-likeness (QED) is 0.766. The van der Waals surface area contributed by atoms with E-state index in [4.69, 9.17) is 18.9 Å². The molecular weight excluding hydrogens is 358 g/mol. The summed E-state index contributed by atoms with van der Waals surface area (Å²) >= 11 is 0. The molecule has 1 aliphatic heterocycles. The lowest BCUT2D eigenvalue weighted by molar-refractivity contribution is 0.0798. The zero-order valence-electron chi connectivity index (χ0n) is 14.8. The SMILES string of the molecule is COc1ccc(S(=O)(=O)N(C)CC2COc3ccccc3O2)cc1OC. The zero-order chi connectivity index (χ0) is 18.7. The molecule has 8 heteroatoms. The zero-order valence-corrected chi connectivity index (χ0v) is 15.7. The maximum Gasteiger partial charge on any atom is 0.243 e. The fourth-order valence-corrected chi connectivity index (χ4v) is 3.91. The lowest BCUT2D eigenvalue weighted by atomic mass is 10.2. The van der Waals surface area contributed by atoms with E-state index in [1.807, 2.05) is 18.2 Å². The van der Waals surface area contributed by atoms with Crippen LogP contribution in [0, 0.1) is 0 Å². The Morgan fingerprint density at radius 1 is 1.08 bits per heavy atom. The van der Waals surface area contributed by atoms with Gasteiger partial charge in [-0.25, -0.2) is 8.42 Å². The number of benzene rings is 2. The van der Waals surface area contributed by atoms with E-state index in [0.29, 0.717) is 23.0 Å². The van der Waals surface area contributed by atoms with Gasteiger partial charge in [0.25, 0.3) is 0 Å².